The van der Waals surface area contributed by atoms with Crippen LogP contribution in [0.15, 0.2) is 52.3 Å². The highest BCUT2D eigenvalue weighted by atomic mass is 32.2. The zero-order valence-corrected chi connectivity index (χ0v) is 16.0. The van der Waals surface area contributed by atoms with E-state index in [0.717, 1.165) is 17.7 Å². The van der Waals surface area contributed by atoms with Crippen molar-refractivity contribution in [3.05, 3.63) is 48.0 Å². The molecule has 0 amide bonds. The Labute approximate surface area is 155 Å². The summed E-state index contributed by atoms with van der Waals surface area (Å²) in [4.78, 5) is -1.17. The highest BCUT2D eigenvalue weighted by molar-refractivity contribution is 7.93. The lowest BCUT2D eigenvalue weighted by molar-refractivity contribution is -0.0435. The second kappa shape index (κ2) is 7.39. The number of hydrogen-bond donors (Lipinski definition) is 2. The van der Waals surface area contributed by atoms with Gasteiger partial charge in [0.25, 0.3) is 19.9 Å². The minimum absolute atomic E-state index is 0.111. The van der Waals surface area contributed by atoms with Gasteiger partial charge in [-0.2, -0.15) is 13.2 Å². The zero-order valence-electron chi connectivity index (χ0n) is 14.3. The minimum atomic E-state index is -5.62. The monoisotopic (exact) mass is 422 g/mol. The summed E-state index contributed by atoms with van der Waals surface area (Å²) in [5.74, 6) is 0. The Balaban J connectivity index is 2.53. The van der Waals surface area contributed by atoms with E-state index in [1.165, 1.54) is 12.1 Å². The van der Waals surface area contributed by atoms with Crippen molar-refractivity contribution in [1.29, 1.82) is 0 Å². The predicted molar refractivity (Wildman–Crippen MR) is 95.8 cm³/mol. The molecule has 6 nitrogen and oxygen atoms in total. The fourth-order valence-corrected chi connectivity index (χ4v) is 4.03. The van der Waals surface area contributed by atoms with Gasteiger partial charge in [-0.3, -0.25) is 4.72 Å². The maximum absolute atomic E-state index is 12.8. The van der Waals surface area contributed by atoms with Crippen molar-refractivity contribution in [3.63, 3.8) is 0 Å². The number of hydrogen-bond acceptors (Lipinski definition) is 5. The van der Waals surface area contributed by atoms with E-state index in [4.69, 9.17) is 0 Å². The Hall–Kier alpha value is -2.27. The van der Waals surface area contributed by atoms with E-state index in [9.17, 15) is 30.0 Å². The number of halogens is 3. The first kappa shape index (κ1) is 21.0. The SMILES string of the molecule is CCNc1ccc(S(=O)(=O)C(F)(F)F)cc1NS(=O)(=O)c1ccc(C)cc1. The molecule has 0 saturated heterocycles. The van der Waals surface area contributed by atoms with Crippen LogP contribution < -0.4 is 10.0 Å². The van der Waals surface area contributed by atoms with E-state index < -0.39 is 30.3 Å². The van der Waals surface area contributed by atoms with Crippen molar-refractivity contribution < 1.29 is 30.0 Å². The van der Waals surface area contributed by atoms with Crippen LogP contribution in [0.5, 0.6) is 0 Å². The van der Waals surface area contributed by atoms with Crippen LogP contribution in [-0.2, 0) is 19.9 Å². The molecule has 27 heavy (non-hydrogen) atoms. The Kier molecular flexibility index (Phi) is 5.76. The third-order valence-corrected chi connectivity index (χ3v) is 6.41. The lowest BCUT2D eigenvalue weighted by Crippen LogP contribution is -2.23. The number of sulfonamides is 1. The van der Waals surface area contributed by atoms with Crippen LogP contribution in [0.1, 0.15) is 12.5 Å². The molecule has 0 aliphatic carbocycles. The average Bonchev–Trinajstić information content (AvgIpc) is 2.55. The van der Waals surface area contributed by atoms with Crippen LogP contribution in [0.4, 0.5) is 24.5 Å². The first-order valence-electron chi connectivity index (χ1n) is 7.67. The molecule has 2 aromatic carbocycles. The van der Waals surface area contributed by atoms with Crippen molar-refractivity contribution in [2.75, 3.05) is 16.6 Å². The molecular formula is C16H17F3N2O4S2. The number of nitrogens with one attached hydrogen (secondary N) is 2. The molecule has 0 aromatic heterocycles. The predicted octanol–water partition coefficient (Wildman–Crippen LogP) is 3.52. The molecule has 0 atom stereocenters. The Morgan fingerprint density at radius 1 is 0.889 bits per heavy atom. The minimum Gasteiger partial charge on any atom is -0.384 e. The molecule has 2 aromatic rings. The summed E-state index contributed by atoms with van der Waals surface area (Å²) >= 11 is 0. The average molecular weight is 422 g/mol. The molecule has 11 heteroatoms. The van der Waals surface area contributed by atoms with E-state index in [1.54, 1.807) is 26.0 Å². The molecule has 2 rings (SSSR count). The van der Waals surface area contributed by atoms with Gasteiger partial charge in [0.1, 0.15) is 0 Å². The highest BCUT2D eigenvalue weighted by Crippen LogP contribution is 2.34. The summed E-state index contributed by atoms with van der Waals surface area (Å²) in [6.45, 7) is 3.79. The Morgan fingerprint density at radius 2 is 1.44 bits per heavy atom. The van der Waals surface area contributed by atoms with Crippen LogP contribution in [-0.4, -0.2) is 28.9 Å². The zero-order chi connectivity index (χ0) is 20.5. The first-order valence-corrected chi connectivity index (χ1v) is 10.6. The van der Waals surface area contributed by atoms with E-state index in [-0.39, 0.29) is 16.3 Å². The van der Waals surface area contributed by atoms with Gasteiger partial charge in [0.15, 0.2) is 0 Å². The maximum atomic E-state index is 12.8. The molecule has 0 aliphatic rings. The molecule has 0 spiro atoms. The molecule has 0 fully saturated rings. The number of sulfone groups is 1. The van der Waals surface area contributed by atoms with Gasteiger partial charge in [-0.1, -0.05) is 17.7 Å². The molecule has 148 valence electrons. The third-order valence-electron chi connectivity index (χ3n) is 3.55. The second-order valence-electron chi connectivity index (χ2n) is 5.61. The normalized spacial score (nSPS) is 12.6. The largest absolute Gasteiger partial charge is 0.501 e. The second-order valence-corrected chi connectivity index (χ2v) is 9.23. The molecule has 0 saturated carbocycles. The lowest BCUT2D eigenvalue weighted by Gasteiger charge is -2.16. The van der Waals surface area contributed by atoms with Crippen LogP contribution in [0.25, 0.3) is 0 Å². The van der Waals surface area contributed by atoms with Crippen molar-refractivity contribution in [3.8, 4) is 0 Å². The highest BCUT2D eigenvalue weighted by Gasteiger charge is 2.47. The summed E-state index contributed by atoms with van der Waals surface area (Å²) in [6, 6.07) is 8.28. The summed E-state index contributed by atoms with van der Waals surface area (Å²) in [7, 11) is -9.75. The third kappa shape index (κ3) is 4.53. The first-order chi connectivity index (χ1) is 12.4. The molecule has 0 unspecified atom stereocenters. The van der Waals surface area contributed by atoms with E-state index >= 15 is 0 Å². The summed E-state index contributed by atoms with van der Waals surface area (Å²) in [5, 5.41) is 2.77. The van der Waals surface area contributed by atoms with Crippen LogP contribution >= 0.6 is 0 Å². The van der Waals surface area contributed by atoms with Gasteiger partial charge in [0.05, 0.1) is 21.2 Å². The van der Waals surface area contributed by atoms with Gasteiger partial charge in [-0.25, -0.2) is 16.8 Å². The van der Waals surface area contributed by atoms with Crippen LogP contribution in [0.2, 0.25) is 0 Å². The number of rotatable bonds is 6. The quantitative estimate of drug-likeness (QED) is 0.743. The Bertz CT molecular complexity index is 1030. The van der Waals surface area contributed by atoms with Gasteiger partial charge in [-0.15, -0.1) is 0 Å². The van der Waals surface area contributed by atoms with Crippen molar-refractivity contribution in [2.24, 2.45) is 0 Å². The summed E-state index contributed by atoms with van der Waals surface area (Å²) in [6.07, 6.45) is 0. The standard InChI is InChI=1S/C16H17F3N2O4S2/c1-3-20-14-9-8-13(26(22,23)16(17,18)19)10-15(14)21-27(24,25)12-6-4-11(2)5-7-12/h4-10,20-21H,3H2,1-2H3. The van der Waals surface area contributed by atoms with Crippen LogP contribution in [0.3, 0.4) is 0 Å². The fraction of sp³-hybridized carbons (Fsp3) is 0.250. The topological polar surface area (TPSA) is 92.3 Å². The fourth-order valence-electron chi connectivity index (χ4n) is 2.17. The number of anilines is 2. The smallest absolute Gasteiger partial charge is 0.384 e. The van der Waals surface area contributed by atoms with Gasteiger partial charge in [-0.05, 0) is 44.2 Å². The summed E-state index contributed by atoms with van der Waals surface area (Å²) in [5.41, 5.74) is -4.84. The summed E-state index contributed by atoms with van der Waals surface area (Å²) < 4.78 is 88.8. The molecular weight excluding hydrogens is 405 g/mol. The van der Waals surface area contributed by atoms with Gasteiger partial charge >= 0.3 is 5.51 Å². The number of alkyl halides is 3. The maximum Gasteiger partial charge on any atom is 0.501 e. The number of benzene rings is 2. The molecule has 0 heterocycles. The van der Waals surface area contributed by atoms with Crippen molar-refractivity contribution >= 4 is 31.2 Å². The molecule has 0 bridgehead atoms. The van der Waals surface area contributed by atoms with E-state index in [2.05, 4.69) is 10.0 Å². The van der Waals surface area contributed by atoms with E-state index in [0.29, 0.717) is 12.6 Å². The molecule has 0 aliphatic heterocycles. The van der Waals surface area contributed by atoms with Gasteiger partial charge in [0.2, 0.25) is 0 Å². The Morgan fingerprint density at radius 3 is 1.96 bits per heavy atom. The van der Waals surface area contributed by atoms with E-state index in [1.807, 2.05) is 0 Å². The van der Waals surface area contributed by atoms with Gasteiger partial charge < -0.3 is 5.32 Å². The molecule has 0 radical (unpaired) electrons. The van der Waals surface area contributed by atoms with Crippen LogP contribution in [0, 0.1) is 6.92 Å². The molecule has 2 N–H and O–H groups in total. The van der Waals surface area contributed by atoms with Crippen molar-refractivity contribution in [2.45, 2.75) is 29.1 Å². The van der Waals surface area contributed by atoms with Crippen molar-refractivity contribution in [1.82, 2.24) is 0 Å². The van der Waals surface area contributed by atoms with Gasteiger partial charge in [0, 0.05) is 6.54 Å². The number of aryl methyl sites for hydroxylation is 1. The lowest BCUT2D eigenvalue weighted by atomic mass is 10.2.